The molecule has 1 aromatic carbocycles. The highest BCUT2D eigenvalue weighted by Gasteiger charge is 2.16. The summed E-state index contributed by atoms with van der Waals surface area (Å²) >= 11 is 5.78. The maximum Gasteiger partial charge on any atom is 0.242 e. The van der Waals surface area contributed by atoms with E-state index in [-0.39, 0.29) is 22.3 Å². The molecule has 0 aliphatic carbocycles. The fourth-order valence-corrected chi connectivity index (χ4v) is 2.89. The van der Waals surface area contributed by atoms with Gasteiger partial charge in [0.2, 0.25) is 10.0 Å². The Morgan fingerprint density at radius 1 is 1.38 bits per heavy atom. The fourth-order valence-electron chi connectivity index (χ4n) is 1.68. The van der Waals surface area contributed by atoms with Crippen molar-refractivity contribution in [1.29, 1.82) is 0 Å². The molecule has 0 spiro atoms. The van der Waals surface area contributed by atoms with Gasteiger partial charge in [0.05, 0.1) is 12.1 Å². The van der Waals surface area contributed by atoms with E-state index in [2.05, 4.69) is 9.71 Å². The van der Waals surface area contributed by atoms with Crippen molar-refractivity contribution < 1.29 is 13.2 Å². The van der Waals surface area contributed by atoms with Crippen LogP contribution < -0.4 is 15.2 Å². The predicted octanol–water partition coefficient (Wildman–Crippen LogP) is 1.80. The topological polar surface area (TPSA) is 94.3 Å². The van der Waals surface area contributed by atoms with E-state index < -0.39 is 10.0 Å². The van der Waals surface area contributed by atoms with Crippen LogP contribution >= 0.6 is 11.6 Å². The van der Waals surface area contributed by atoms with Crippen LogP contribution in [0.4, 0.5) is 5.82 Å². The number of ether oxygens (including phenoxy) is 1. The Bertz CT molecular complexity index is 750. The van der Waals surface area contributed by atoms with Gasteiger partial charge >= 0.3 is 0 Å². The van der Waals surface area contributed by atoms with Crippen molar-refractivity contribution >= 4 is 27.4 Å². The summed E-state index contributed by atoms with van der Waals surface area (Å²) in [4.78, 5) is 3.69. The predicted molar refractivity (Wildman–Crippen MR) is 80.7 cm³/mol. The Morgan fingerprint density at radius 2 is 2.10 bits per heavy atom. The van der Waals surface area contributed by atoms with Crippen LogP contribution in [-0.2, 0) is 16.6 Å². The molecule has 0 radical (unpaired) electrons. The zero-order chi connectivity index (χ0) is 15.5. The lowest BCUT2D eigenvalue weighted by molar-refractivity contribution is 0.409. The third-order valence-corrected chi connectivity index (χ3v) is 4.47. The van der Waals surface area contributed by atoms with Crippen LogP contribution in [0.3, 0.4) is 0 Å². The average Bonchev–Trinajstić information content (AvgIpc) is 2.48. The van der Waals surface area contributed by atoms with Crippen LogP contribution in [-0.4, -0.2) is 20.5 Å². The number of methoxy groups -OCH3 is 1. The molecule has 0 atom stereocenters. The number of benzene rings is 1. The van der Waals surface area contributed by atoms with Crippen LogP contribution in [0, 0.1) is 0 Å². The highest BCUT2D eigenvalue weighted by atomic mass is 35.5. The normalized spacial score (nSPS) is 11.3. The minimum Gasteiger partial charge on any atom is -0.496 e. The molecular formula is C13H14ClN3O3S. The zero-order valence-corrected chi connectivity index (χ0v) is 12.8. The number of aromatic nitrogens is 1. The summed E-state index contributed by atoms with van der Waals surface area (Å²) in [7, 11) is -2.21. The van der Waals surface area contributed by atoms with Gasteiger partial charge in [0.25, 0.3) is 0 Å². The number of pyridine rings is 1. The van der Waals surface area contributed by atoms with Gasteiger partial charge in [-0.3, -0.25) is 0 Å². The SMILES string of the molecule is COc1ccccc1CNS(=O)(=O)c1cnc(N)c(Cl)c1. The smallest absolute Gasteiger partial charge is 0.242 e. The molecule has 0 bridgehead atoms. The number of nitrogens with one attached hydrogen (secondary N) is 1. The third kappa shape index (κ3) is 3.63. The third-order valence-electron chi connectivity index (χ3n) is 2.80. The minimum atomic E-state index is -3.73. The first-order valence-electron chi connectivity index (χ1n) is 5.96. The summed E-state index contributed by atoms with van der Waals surface area (Å²) in [6.07, 6.45) is 1.16. The molecule has 2 rings (SSSR count). The molecule has 0 saturated carbocycles. The molecule has 112 valence electrons. The quantitative estimate of drug-likeness (QED) is 0.873. The van der Waals surface area contributed by atoms with Crippen molar-refractivity contribution in [3.05, 3.63) is 47.1 Å². The highest BCUT2D eigenvalue weighted by Crippen LogP contribution is 2.21. The summed E-state index contributed by atoms with van der Waals surface area (Å²) in [6.45, 7) is 0.0916. The van der Waals surface area contributed by atoms with Gasteiger partial charge in [-0.05, 0) is 12.1 Å². The lowest BCUT2D eigenvalue weighted by Gasteiger charge is -2.10. The first-order valence-corrected chi connectivity index (χ1v) is 7.83. The molecule has 0 saturated heterocycles. The van der Waals surface area contributed by atoms with Crippen molar-refractivity contribution in [2.45, 2.75) is 11.4 Å². The number of nitrogen functional groups attached to an aromatic ring is 1. The number of nitrogens with zero attached hydrogens (tertiary/aromatic N) is 1. The van der Waals surface area contributed by atoms with Crippen molar-refractivity contribution in [3.8, 4) is 5.75 Å². The number of hydrogen-bond acceptors (Lipinski definition) is 5. The van der Waals surface area contributed by atoms with Gasteiger partial charge in [-0.2, -0.15) is 0 Å². The Morgan fingerprint density at radius 3 is 2.76 bits per heavy atom. The first-order chi connectivity index (χ1) is 9.94. The number of hydrogen-bond donors (Lipinski definition) is 2. The first kappa shape index (κ1) is 15.6. The molecule has 1 aromatic heterocycles. The molecule has 0 amide bonds. The lowest BCUT2D eigenvalue weighted by atomic mass is 10.2. The maximum absolute atomic E-state index is 12.2. The Labute approximate surface area is 128 Å². The molecule has 0 aliphatic rings. The minimum absolute atomic E-state index is 0.0448. The summed E-state index contributed by atoms with van der Waals surface area (Å²) in [5, 5.41) is 0.0927. The number of rotatable bonds is 5. The molecule has 8 heteroatoms. The van der Waals surface area contributed by atoms with Crippen LogP contribution in [0.25, 0.3) is 0 Å². The lowest BCUT2D eigenvalue weighted by Crippen LogP contribution is -2.23. The summed E-state index contributed by atoms with van der Waals surface area (Å²) < 4.78 is 32.0. The van der Waals surface area contributed by atoms with Gasteiger partial charge in [-0.25, -0.2) is 18.1 Å². The fraction of sp³-hybridized carbons (Fsp3) is 0.154. The second kappa shape index (κ2) is 6.30. The molecule has 1 heterocycles. The van der Waals surface area contributed by atoms with Gasteiger partial charge in [0.1, 0.15) is 16.5 Å². The number of sulfonamides is 1. The van der Waals surface area contributed by atoms with Crippen molar-refractivity contribution in [3.63, 3.8) is 0 Å². The van der Waals surface area contributed by atoms with Crippen LogP contribution in [0.15, 0.2) is 41.4 Å². The molecule has 0 unspecified atom stereocenters. The van der Waals surface area contributed by atoms with Crippen molar-refractivity contribution in [2.24, 2.45) is 0 Å². The maximum atomic E-state index is 12.2. The number of anilines is 1. The zero-order valence-electron chi connectivity index (χ0n) is 11.2. The summed E-state index contributed by atoms with van der Waals surface area (Å²) in [6, 6.07) is 8.39. The highest BCUT2D eigenvalue weighted by molar-refractivity contribution is 7.89. The number of halogens is 1. The van der Waals surface area contributed by atoms with Crippen LogP contribution in [0.5, 0.6) is 5.75 Å². The molecule has 2 aromatic rings. The standard InChI is InChI=1S/C13H14ClN3O3S/c1-20-12-5-3-2-4-9(12)7-17-21(18,19)10-6-11(14)13(15)16-8-10/h2-6,8,17H,7H2,1H3,(H2,15,16). The van der Waals surface area contributed by atoms with Gasteiger partial charge < -0.3 is 10.5 Å². The van der Waals surface area contributed by atoms with E-state index in [0.29, 0.717) is 5.75 Å². The molecule has 3 N–H and O–H groups in total. The Hall–Kier alpha value is -1.83. The Kier molecular flexibility index (Phi) is 4.66. The van der Waals surface area contributed by atoms with E-state index in [1.54, 1.807) is 24.3 Å². The number of nitrogens with two attached hydrogens (primary N) is 1. The number of para-hydroxylation sites is 1. The monoisotopic (exact) mass is 327 g/mol. The van der Waals surface area contributed by atoms with E-state index in [9.17, 15) is 8.42 Å². The van der Waals surface area contributed by atoms with E-state index in [4.69, 9.17) is 22.1 Å². The van der Waals surface area contributed by atoms with Crippen LogP contribution in [0.2, 0.25) is 5.02 Å². The van der Waals surface area contributed by atoms with Crippen molar-refractivity contribution in [2.75, 3.05) is 12.8 Å². The van der Waals surface area contributed by atoms with Gasteiger partial charge in [-0.1, -0.05) is 29.8 Å². The van der Waals surface area contributed by atoms with E-state index >= 15 is 0 Å². The van der Waals surface area contributed by atoms with Gasteiger partial charge in [-0.15, -0.1) is 0 Å². The van der Waals surface area contributed by atoms with Gasteiger partial charge in [0, 0.05) is 18.3 Å². The molecule has 0 fully saturated rings. The van der Waals surface area contributed by atoms with E-state index in [0.717, 1.165) is 11.8 Å². The molecular weight excluding hydrogens is 314 g/mol. The van der Waals surface area contributed by atoms with E-state index in [1.165, 1.54) is 13.2 Å². The van der Waals surface area contributed by atoms with E-state index in [1.807, 2.05) is 0 Å². The second-order valence-electron chi connectivity index (χ2n) is 4.17. The second-order valence-corrected chi connectivity index (χ2v) is 6.35. The summed E-state index contributed by atoms with van der Waals surface area (Å²) in [5.74, 6) is 0.689. The Balaban J connectivity index is 2.20. The summed E-state index contributed by atoms with van der Waals surface area (Å²) in [5.41, 5.74) is 6.18. The molecule has 0 aliphatic heterocycles. The molecule has 6 nitrogen and oxygen atoms in total. The van der Waals surface area contributed by atoms with Crippen LogP contribution in [0.1, 0.15) is 5.56 Å². The van der Waals surface area contributed by atoms with Crippen molar-refractivity contribution in [1.82, 2.24) is 9.71 Å². The molecule has 21 heavy (non-hydrogen) atoms. The average molecular weight is 328 g/mol. The largest absolute Gasteiger partial charge is 0.496 e. The van der Waals surface area contributed by atoms with Gasteiger partial charge in [0.15, 0.2) is 0 Å².